The molecule has 5 rings (SSSR count). The molecule has 0 aliphatic carbocycles. The van der Waals surface area contributed by atoms with Crippen LogP contribution in [0.2, 0.25) is 0 Å². The number of thiophene rings is 1. The van der Waals surface area contributed by atoms with Gasteiger partial charge in [0.2, 0.25) is 11.8 Å². The topological polar surface area (TPSA) is 146 Å². The number of carbonyl (C=O) groups excluding carboxylic acids is 3. The van der Waals surface area contributed by atoms with Crippen LogP contribution < -0.4 is 10.6 Å². The first-order valence-corrected chi connectivity index (χ1v) is 17.2. The van der Waals surface area contributed by atoms with Crippen molar-refractivity contribution in [1.29, 1.82) is 0 Å². The Kier molecular flexibility index (Phi) is 8.57. The van der Waals surface area contributed by atoms with Gasteiger partial charge in [0.25, 0.3) is 5.91 Å². The fourth-order valence-electron chi connectivity index (χ4n) is 5.23. The van der Waals surface area contributed by atoms with Gasteiger partial charge in [-0.2, -0.15) is 0 Å². The van der Waals surface area contributed by atoms with Gasteiger partial charge in [-0.05, 0) is 29.0 Å². The second-order valence-electron chi connectivity index (χ2n) is 11.8. The monoisotopic (exact) mass is 630 g/mol. The van der Waals surface area contributed by atoms with E-state index in [-0.39, 0.29) is 36.9 Å². The van der Waals surface area contributed by atoms with E-state index in [9.17, 15) is 27.9 Å². The number of hydrogen-bond acceptors (Lipinski definition) is 9. The number of sulfone groups is 1. The molecule has 0 bridgehead atoms. The zero-order valence-corrected chi connectivity index (χ0v) is 26.1. The number of aryl methyl sites for hydroxylation is 1. The van der Waals surface area contributed by atoms with Crippen LogP contribution in [0.5, 0.6) is 0 Å². The highest BCUT2D eigenvalue weighted by Gasteiger charge is 2.44. The molecule has 2 aliphatic heterocycles. The predicted molar refractivity (Wildman–Crippen MR) is 162 cm³/mol. The van der Waals surface area contributed by atoms with Crippen LogP contribution >= 0.6 is 22.7 Å². The number of rotatable bonds is 7. The van der Waals surface area contributed by atoms with E-state index in [0.29, 0.717) is 16.9 Å². The largest absolute Gasteiger partial charge is 0.391 e. The molecule has 42 heavy (non-hydrogen) atoms. The maximum atomic E-state index is 13.9. The van der Waals surface area contributed by atoms with E-state index >= 15 is 0 Å². The Morgan fingerprint density at radius 3 is 2.60 bits per heavy atom. The highest BCUT2D eigenvalue weighted by atomic mass is 32.2. The van der Waals surface area contributed by atoms with Gasteiger partial charge in [-0.3, -0.25) is 14.4 Å². The van der Waals surface area contributed by atoms with Crippen molar-refractivity contribution in [2.24, 2.45) is 5.41 Å². The molecule has 3 N–H and O–H groups in total. The molecule has 3 aromatic rings. The van der Waals surface area contributed by atoms with Crippen molar-refractivity contribution in [3.8, 4) is 10.6 Å². The van der Waals surface area contributed by atoms with Crippen molar-refractivity contribution in [2.45, 2.75) is 64.1 Å². The number of aliphatic hydroxyl groups is 1. The highest BCUT2D eigenvalue weighted by Crippen LogP contribution is 2.31. The summed E-state index contributed by atoms with van der Waals surface area (Å²) < 4.78 is 24.1. The van der Waals surface area contributed by atoms with Crippen LogP contribution in [0.3, 0.4) is 0 Å². The number of aromatic nitrogens is 1. The van der Waals surface area contributed by atoms with Gasteiger partial charge >= 0.3 is 0 Å². The summed E-state index contributed by atoms with van der Waals surface area (Å²) in [6, 6.07) is 7.42. The van der Waals surface area contributed by atoms with Crippen LogP contribution in [0.1, 0.15) is 52.9 Å². The molecular weight excluding hydrogens is 597 g/mol. The number of aliphatic hydroxyl groups excluding tert-OH is 1. The van der Waals surface area contributed by atoms with E-state index in [0.717, 1.165) is 21.0 Å². The summed E-state index contributed by atoms with van der Waals surface area (Å²) in [6.45, 7) is 5.69. The minimum Gasteiger partial charge on any atom is -0.391 e. The summed E-state index contributed by atoms with van der Waals surface area (Å²) in [7, 11) is -3.18. The number of fused-ring (bicyclic) bond motifs is 1. The molecule has 1 saturated heterocycles. The summed E-state index contributed by atoms with van der Waals surface area (Å²) in [6.07, 6.45) is 1.34. The minimum absolute atomic E-state index is 0.0208. The summed E-state index contributed by atoms with van der Waals surface area (Å²) in [5.74, 6) is -1.34. The van der Waals surface area contributed by atoms with Gasteiger partial charge < -0.3 is 20.6 Å². The molecule has 224 valence electrons. The van der Waals surface area contributed by atoms with E-state index in [1.54, 1.807) is 23.6 Å². The lowest BCUT2D eigenvalue weighted by atomic mass is 9.85. The van der Waals surface area contributed by atoms with Gasteiger partial charge in [-0.15, -0.1) is 22.7 Å². The third-order valence-electron chi connectivity index (χ3n) is 7.49. The van der Waals surface area contributed by atoms with Crippen LogP contribution in [0.15, 0.2) is 41.9 Å². The first-order chi connectivity index (χ1) is 19.8. The Bertz CT molecular complexity index is 1580. The summed E-state index contributed by atoms with van der Waals surface area (Å²) in [5.41, 5.74) is 1.79. The first kappa shape index (κ1) is 30.3. The van der Waals surface area contributed by atoms with Gasteiger partial charge in [-0.25, -0.2) is 13.4 Å². The standard InChI is InChI=1S/C29H34N4O6S3/c1-29(2,3)24(32-26(36)23-12-19-16-42(38,39)11-8-22(19)41-23)28(37)33-15-20(34)13-21(33)25(35)31-14-17-4-6-18(7-5-17)27-30-9-10-40-27/h4-7,9-10,12,20-21,24,34H,8,11,13-16H2,1-3H3,(H,31,35)(H,32,36)/t20-,21+,24-/m1/s1. The molecule has 4 heterocycles. The number of carbonyl (C=O) groups is 3. The number of hydrogen-bond donors (Lipinski definition) is 3. The van der Waals surface area contributed by atoms with E-state index in [1.165, 1.54) is 16.2 Å². The quantitative estimate of drug-likeness (QED) is 0.364. The van der Waals surface area contributed by atoms with E-state index < -0.39 is 45.3 Å². The Morgan fingerprint density at radius 2 is 1.93 bits per heavy atom. The lowest BCUT2D eigenvalue weighted by Crippen LogP contribution is -2.57. The highest BCUT2D eigenvalue weighted by molar-refractivity contribution is 7.90. The first-order valence-electron chi connectivity index (χ1n) is 13.7. The lowest BCUT2D eigenvalue weighted by molar-refractivity contribution is -0.142. The average Bonchev–Trinajstić information content (AvgIpc) is 3.69. The predicted octanol–water partition coefficient (Wildman–Crippen LogP) is 2.77. The number of nitrogens with one attached hydrogen (secondary N) is 2. The van der Waals surface area contributed by atoms with Gasteiger partial charge in [0.15, 0.2) is 9.84 Å². The summed E-state index contributed by atoms with van der Waals surface area (Å²) >= 11 is 2.79. The van der Waals surface area contributed by atoms with Gasteiger partial charge in [0.05, 0.1) is 22.5 Å². The molecule has 3 atom stereocenters. The maximum Gasteiger partial charge on any atom is 0.262 e. The van der Waals surface area contributed by atoms with Crippen LogP contribution in [-0.2, 0) is 38.1 Å². The van der Waals surface area contributed by atoms with Crippen molar-refractivity contribution in [3.05, 3.63) is 62.8 Å². The summed E-state index contributed by atoms with van der Waals surface area (Å²) in [4.78, 5) is 47.3. The second kappa shape index (κ2) is 11.9. The van der Waals surface area contributed by atoms with Crippen molar-refractivity contribution in [3.63, 3.8) is 0 Å². The van der Waals surface area contributed by atoms with Gasteiger partial charge in [0.1, 0.15) is 17.1 Å². The lowest BCUT2D eigenvalue weighted by Gasteiger charge is -2.35. The smallest absolute Gasteiger partial charge is 0.262 e. The Morgan fingerprint density at radius 1 is 1.19 bits per heavy atom. The van der Waals surface area contributed by atoms with Crippen molar-refractivity contribution in [2.75, 3.05) is 12.3 Å². The van der Waals surface area contributed by atoms with Crippen LogP contribution in [0, 0.1) is 5.41 Å². The number of likely N-dealkylation sites (tertiary alicyclic amines) is 1. The Balaban J connectivity index is 1.26. The molecular formula is C29H34N4O6S3. The SMILES string of the molecule is CC(C)(C)[C@H](NC(=O)c1cc2c(s1)CCS(=O)(=O)C2)C(=O)N1C[C@H](O)C[C@H]1C(=O)NCc1ccc(-c2nccs2)cc1. The zero-order valence-electron chi connectivity index (χ0n) is 23.6. The van der Waals surface area contributed by atoms with Crippen LogP contribution in [0.4, 0.5) is 0 Å². The molecule has 10 nitrogen and oxygen atoms in total. The van der Waals surface area contributed by atoms with E-state index in [1.807, 2.05) is 50.4 Å². The second-order valence-corrected chi connectivity index (χ2v) is 16.0. The fourth-order valence-corrected chi connectivity index (χ4v) is 8.57. The zero-order chi connectivity index (χ0) is 30.2. The Labute approximate surface area is 253 Å². The number of nitrogens with zero attached hydrogens (tertiary/aromatic N) is 2. The Hall–Kier alpha value is -3.13. The van der Waals surface area contributed by atoms with Crippen molar-refractivity contribution in [1.82, 2.24) is 20.5 Å². The van der Waals surface area contributed by atoms with Crippen molar-refractivity contribution >= 4 is 50.2 Å². The minimum atomic E-state index is -3.18. The summed E-state index contributed by atoms with van der Waals surface area (Å²) in [5, 5.41) is 19.0. The normalized spacial score (nSPS) is 20.5. The van der Waals surface area contributed by atoms with Gasteiger partial charge in [-0.1, -0.05) is 45.0 Å². The van der Waals surface area contributed by atoms with Gasteiger partial charge in [0, 0.05) is 41.5 Å². The van der Waals surface area contributed by atoms with E-state index in [2.05, 4.69) is 15.6 Å². The number of β-amino-alcohol motifs (C(OH)–C–C–N with tert-alkyl or cyclic N) is 1. The molecule has 0 radical (unpaired) electrons. The number of thiazole rings is 1. The molecule has 0 unspecified atom stereocenters. The van der Waals surface area contributed by atoms with Crippen LogP contribution in [0.25, 0.3) is 10.6 Å². The fraction of sp³-hybridized carbons (Fsp3) is 0.448. The van der Waals surface area contributed by atoms with Crippen LogP contribution in [-0.4, -0.2) is 71.6 Å². The molecule has 2 aliphatic rings. The number of amides is 3. The molecule has 1 fully saturated rings. The third-order valence-corrected chi connectivity index (χ3v) is 11.1. The number of benzene rings is 1. The molecule has 0 saturated carbocycles. The maximum absolute atomic E-state index is 13.9. The molecule has 0 spiro atoms. The molecule has 13 heteroatoms. The van der Waals surface area contributed by atoms with E-state index in [4.69, 9.17) is 0 Å². The molecule has 2 aromatic heterocycles. The molecule has 1 aromatic carbocycles. The van der Waals surface area contributed by atoms with Crippen molar-refractivity contribution < 1.29 is 27.9 Å². The molecule has 3 amide bonds. The third kappa shape index (κ3) is 6.74. The average molecular weight is 631 g/mol.